The van der Waals surface area contributed by atoms with Crippen molar-refractivity contribution >= 4 is 34.7 Å². The lowest BCUT2D eigenvalue weighted by molar-refractivity contribution is -0.115. The fourth-order valence-electron chi connectivity index (χ4n) is 3.38. The van der Waals surface area contributed by atoms with Gasteiger partial charge in [0.2, 0.25) is 5.91 Å². The fraction of sp³-hybridized carbons (Fsp3) is 0.240. The van der Waals surface area contributed by atoms with Gasteiger partial charge < -0.3 is 9.88 Å². The van der Waals surface area contributed by atoms with Gasteiger partial charge in [0.1, 0.15) is 5.82 Å². The molecule has 0 bridgehead atoms. The number of hydrogen-bond acceptors (Lipinski definition) is 5. The zero-order valence-electron chi connectivity index (χ0n) is 18.2. The molecule has 1 N–H and O–H groups in total. The van der Waals surface area contributed by atoms with Gasteiger partial charge in [0.15, 0.2) is 5.16 Å². The highest BCUT2D eigenvalue weighted by molar-refractivity contribution is 8.00. The number of thioether (sulfide) groups is 1. The minimum absolute atomic E-state index is 0.0401. The first kappa shape index (κ1) is 22.3. The number of aromatic nitrogens is 3. The number of nitrogens with one attached hydrogen (secondary N) is 1. The number of thiophene rings is 1. The lowest BCUT2D eigenvalue weighted by Gasteiger charge is -2.15. The number of nitrogens with zero attached hydrogens (tertiary/aromatic N) is 3. The van der Waals surface area contributed by atoms with Gasteiger partial charge in [-0.25, -0.2) is 0 Å². The predicted molar refractivity (Wildman–Crippen MR) is 132 cm³/mol. The molecule has 32 heavy (non-hydrogen) atoms. The van der Waals surface area contributed by atoms with Gasteiger partial charge >= 0.3 is 0 Å². The minimum Gasteiger partial charge on any atom is -0.325 e. The molecule has 0 saturated heterocycles. The normalized spacial score (nSPS) is 11.9. The van der Waals surface area contributed by atoms with Crippen LogP contribution in [0, 0.1) is 6.92 Å². The van der Waals surface area contributed by atoms with Gasteiger partial charge in [-0.05, 0) is 48.9 Å². The fourth-order valence-corrected chi connectivity index (χ4v) is 4.97. The first-order chi connectivity index (χ1) is 15.6. The van der Waals surface area contributed by atoms with Crippen LogP contribution < -0.4 is 5.32 Å². The molecule has 7 heteroatoms. The second-order valence-corrected chi connectivity index (χ2v) is 9.95. The van der Waals surface area contributed by atoms with E-state index in [1.807, 2.05) is 44.2 Å². The summed E-state index contributed by atoms with van der Waals surface area (Å²) in [5.41, 5.74) is 3.15. The summed E-state index contributed by atoms with van der Waals surface area (Å²) in [5, 5.41) is 14.5. The van der Waals surface area contributed by atoms with Crippen LogP contribution in [-0.4, -0.2) is 25.9 Å². The molecule has 2 aromatic carbocycles. The number of carbonyl (C=O) groups is 1. The first-order valence-corrected chi connectivity index (χ1v) is 12.4. The predicted octanol–water partition coefficient (Wildman–Crippen LogP) is 5.60. The zero-order valence-corrected chi connectivity index (χ0v) is 19.8. The average molecular weight is 463 g/mol. The molecular formula is C25H26N4OS2. The highest BCUT2D eigenvalue weighted by Gasteiger charge is 2.21. The van der Waals surface area contributed by atoms with Crippen LogP contribution in [0.2, 0.25) is 0 Å². The summed E-state index contributed by atoms with van der Waals surface area (Å²) in [4.78, 5) is 14.1. The van der Waals surface area contributed by atoms with E-state index in [-0.39, 0.29) is 11.2 Å². The summed E-state index contributed by atoms with van der Waals surface area (Å²) in [6.07, 6.45) is 1.62. The van der Waals surface area contributed by atoms with E-state index in [9.17, 15) is 4.79 Å². The van der Waals surface area contributed by atoms with Crippen LogP contribution in [0.3, 0.4) is 0 Å². The highest BCUT2D eigenvalue weighted by atomic mass is 32.2. The van der Waals surface area contributed by atoms with Gasteiger partial charge in [-0.15, -0.1) is 21.5 Å². The summed E-state index contributed by atoms with van der Waals surface area (Å²) in [6, 6.07) is 22.4. The Labute approximate surface area is 196 Å². The number of benzene rings is 2. The number of para-hydroxylation sites is 1. The van der Waals surface area contributed by atoms with E-state index in [1.54, 1.807) is 11.3 Å². The summed E-state index contributed by atoms with van der Waals surface area (Å²) in [5.74, 6) is 0.888. The molecule has 0 aliphatic heterocycles. The molecule has 0 radical (unpaired) electrons. The van der Waals surface area contributed by atoms with Crippen molar-refractivity contribution in [2.45, 2.75) is 43.6 Å². The van der Waals surface area contributed by atoms with Gasteiger partial charge in [-0.2, -0.15) is 0 Å². The molecule has 5 nitrogen and oxygen atoms in total. The van der Waals surface area contributed by atoms with Gasteiger partial charge in [-0.1, -0.05) is 66.4 Å². The van der Waals surface area contributed by atoms with E-state index in [0.29, 0.717) is 0 Å². The van der Waals surface area contributed by atoms with Crippen molar-refractivity contribution in [3.8, 4) is 0 Å². The van der Waals surface area contributed by atoms with E-state index in [0.717, 1.165) is 41.6 Å². The maximum Gasteiger partial charge on any atom is 0.237 e. The van der Waals surface area contributed by atoms with Crippen molar-refractivity contribution in [3.05, 3.63) is 93.9 Å². The Morgan fingerprint density at radius 3 is 2.59 bits per heavy atom. The van der Waals surface area contributed by atoms with Gasteiger partial charge in [0.05, 0.1) is 5.25 Å². The first-order valence-electron chi connectivity index (χ1n) is 10.6. The van der Waals surface area contributed by atoms with Crippen LogP contribution in [0.4, 0.5) is 5.69 Å². The van der Waals surface area contributed by atoms with Crippen LogP contribution in [0.15, 0.2) is 77.3 Å². The number of anilines is 1. The van der Waals surface area contributed by atoms with Crippen LogP contribution in [0.1, 0.15) is 28.8 Å². The van der Waals surface area contributed by atoms with Crippen molar-refractivity contribution < 1.29 is 4.79 Å². The lowest BCUT2D eigenvalue weighted by Crippen LogP contribution is -2.23. The minimum atomic E-state index is -0.302. The second kappa shape index (κ2) is 10.6. The third-order valence-electron chi connectivity index (χ3n) is 5.23. The SMILES string of the molecule is Cc1ccccc1NC(=O)C(C)Sc1nnc(Cc2cccs2)n1CCc1ccccc1. The Bertz CT molecular complexity index is 1160. The molecule has 0 aliphatic rings. The summed E-state index contributed by atoms with van der Waals surface area (Å²) in [7, 11) is 0. The molecule has 0 spiro atoms. The van der Waals surface area contributed by atoms with E-state index in [1.165, 1.54) is 22.2 Å². The number of aryl methyl sites for hydroxylation is 2. The molecule has 164 valence electrons. The molecular weight excluding hydrogens is 436 g/mol. The Morgan fingerprint density at radius 1 is 1.06 bits per heavy atom. The molecule has 1 amide bonds. The molecule has 1 atom stereocenters. The second-order valence-electron chi connectivity index (χ2n) is 7.61. The van der Waals surface area contributed by atoms with Crippen molar-refractivity contribution in [1.82, 2.24) is 14.8 Å². The molecule has 4 rings (SSSR count). The third kappa shape index (κ3) is 5.66. The van der Waals surface area contributed by atoms with Crippen molar-refractivity contribution in [2.75, 3.05) is 5.32 Å². The van der Waals surface area contributed by atoms with Crippen molar-refractivity contribution in [3.63, 3.8) is 0 Å². The average Bonchev–Trinajstić information content (AvgIpc) is 3.45. The number of amides is 1. The summed E-state index contributed by atoms with van der Waals surface area (Å²) >= 11 is 3.17. The molecule has 2 heterocycles. The standard InChI is InChI=1S/C25H26N4OS2/c1-18-9-6-7-13-22(18)26-24(30)19(2)32-25-28-27-23(17-21-12-8-16-31-21)29(25)15-14-20-10-4-3-5-11-20/h3-13,16,19H,14-15,17H2,1-2H3,(H,26,30). The maximum atomic E-state index is 12.8. The Hall–Kier alpha value is -2.90. The summed E-state index contributed by atoms with van der Waals surface area (Å²) in [6.45, 7) is 4.67. The largest absolute Gasteiger partial charge is 0.325 e. The third-order valence-corrected chi connectivity index (χ3v) is 7.18. The van der Waals surface area contributed by atoms with E-state index in [2.05, 4.69) is 61.9 Å². The molecule has 2 aromatic heterocycles. The van der Waals surface area contributed by atoms with Crippen LogP contribution in [-0.2, 0) is 24.2 Å². The Balaban J connectivity index is 1.50. The molecule has 4 aromatic rings. The molecule has 0 saturated carbocycles. The summed E-state index contributed by atoms with van der Waals surface area (Å²) < 4.78 is 2.16. The molecule has 0 fully saturated rings. The topological polar surface area (TPSA) is 59.8 Å². The maximum absolute atomic E-state index is 12.8. The van der Waals surface area contributed by atoms with Crippen LogP contribution in [0.5, 0.6) is 0 Å². The number of carbonyl (C=O) groups excluding carboxylic acids is 1. The molecule has 1 unspecified atom stereocenters. The van der Waals surface area contributed by atoms with Gasteiger partial charge in [0, 0.05) is 23.5 Å². The van der Waals surface area contributed by atoms with E-state index in [4.69, 9.17) is 0 Å². The van der Waals surface area contributed by atoms with Crippen molar-refractivity contribution in [1.29, 1.82) is 0 Å². The molecule has 0 aliphatic carbocycles. The van der Waals surface area contributed by atoms with Crippen molar-refractivity contribution in [2.24, 2.45) is 0 Å². The number of hydrogen-bond donors (Lipinski definition) is 1. The lowest BCUT2D eigenvalue weighted by atomic mass is 10.1. The quantitative estimate of drug-likeness (QED) is 0.329. The van der Waals surface area contributed by atoms with Crippen LogP contribution >= 0.6 is 23.1 Å². The smallest absolute Gasteiger partial charge is 0.237 e. The Morgan fingerprint density at radius 2 is 1.84 bits per heavy atom. The van der Waals surface area contributed by atoms with E-state index < -0.39 is 0 Å². The monoisotopic (exact) mass is 462 g/mol. The van der Waals surface area contributed by atoms with E-state index >= 15 is 0 Å². The zero-order chi connectivity index (χ0) is 22.3. The Kier molecular flexibility index (Phi) is 7.39. The van der Waals surface area contributed by atoms with Gasteiger partial charge in [-0.3, -0.25) is 4.79 Å². The van der Waals surface area contributed by atoms with Crippen LogP contribution in [0.25, 0.3) is 0 Å². The van der Waals surface area contributed by atoms with Gasteiger partial charge in [0.25, 0.3) is 0 Å². The highest BCUT2D eigenvalue weighted by Crippen LogP contribution is 2.26. The number of rotatable bonds is 9.